The molecule has 1 atom stereocenters. The zero-order chi connectivity index (χ0) is 31.9. The summed E-state index contributed by atoms with van der Waals surface area (Å²) in [5, 5.41) is 3.13. The van der Waals surface area contributed by atoms with Crippen LogP contribution in [0.4, 0.5) is 5.69 Å². The fraction of sp³-hybridized carbons (Fsp3) is 0.412. The van der Waals surface area contributed by atoms with Crippen molar-refractivity contribution in [1.82, 2.24) is 10.2 Å². The van der Waals surface area contributed by atoms with E-state index in [9.17, 15) is 18.0 Å². The molecule has 0 radical (unpaired) electrons. The fourth-order valence-corrected chi connectivity index (χ4v) is 6.93. The van der Waals surface area contributed by atoms with Gasteiger partial charge in [-0.2, -0.15) is 0 Å². The average Bonchev–Trinajstić information content (AvgIpc) is 3.02. The van der Waals surface area contributed by atoms with Gasteiger partial charge in [-0.15, -0.1) is 0 Å². The summed E-state index contributed by atoms with van der Waals surface area (Å²) in [7, 11) is -1.35. The third kappa shape index (κ3) is 7.91. The largest absolute Gasteiger partial charge is 0.493 e. The first-order valence-corrected chi connectivity index (χ1v) is 16.4. The van der Waals surface area contributed by atoms with Gasteiger partial charge in [0.15, 0.2) is 11.5 Å². The monoisotopic (exact) mass is 621 g/mol. The molecular formula is C34H43N3O6S. The van der Waals surface area contributed by atoms with Crippen LogP contribution >= 0.6 is 0 Å². The normalized spacial score (nSPS) is 14.4. The van der Waals surface area contributed by atoms with E-state index in [0.29, 0.717) is 11.4 Å². The van der Waals surface area contributed by atoms with Gasteiger partial charge in [-0.05, 0) is 63.4 Å². The number of carbonyl (C=O) groups excluding carboxylic acids is 2. The van der Waals surface area contributed by atoms with E-state index < -0.39 is 28.5 Å². The van der Waals surface area contributed by atoms with Crippen molar-refractivity contribution in [1.29, 1.82) is 0 Å². The maximum Gasteiger partial charge on any atom is 0.264 e. The summed E-state index contributed by atoms with van der Waals surface area (Å²) < 4.78 is 40.1. The molecule has 1 aliphatic carbocycles. The Morgan fingerprint density at radius 2 is 1.57 bits per heavy atom. The number of ether oxygens (including phenoxy) is 2. The first kappa shape index (κ1) is 32.9. The smallest absolute Gasteiger partial charge is 0.264 e. The summed E-state index contributed by atoms with van der Waals surface area (Å²) in [5.74, 6) is -0.116. The summed E-state index contributed by atoms with van der Waals surface area (Å²) in [6.07, 6.45) is 5.10. The number of hydrogen-bond donors (Lipinski definition) is 1. The Kier molecular flexibility index (Phi) is 10.9. The lowest BCUT2D eigenvalue weighted by Crippen LogP contribution is -2.53. The van der Waals surface area contributed by atoms with E-state index in [1.165, 1.54) is 37.3 Å². The zero-order valence-electron chi connectivity index (χ0n) is 26.2. The zero-order valence-corrected chi connectivity index (χ0v) is 27.0. The van der Waals surface area contributed by atoms with Gasteiger partial charge in [0, 0.05) is 18.7 Å². The number of benzene rings is 3. The molecule has 0 saturated heterocycles. The van der Waals surface area contributed by atoms with Gasteiger partial charge >= 0.3 is 0 Å². The number of hydrogen-bond acceptors (Lipinski definition) is 6. The predicted octanol–water partition coefficient (Wildman–Crippen LogP) is 5.38. The number of anilines is 1. The van der Waals surface area contributed by atoms with Crippen molar-refractivity contribution in [2.75, 3.05) is 25.1 Å². The molecule has 3 aromatic rings. The van der Waals surface area contributed by atoms with Gasteiger partial charge in [0.2, 0.25) is 11.8 Å². The van der Waals surface area contributed by atoms with Crippen molar-refractivity contribution >= 4 is 27.5 Å². The quantitative estimate of drug-likeness (QED) is 0.291. The number of nitrogens with one attached hydrogen (secondary N) is 1. The minimum absolute atomic E-state index is 0.0585. The molecule has 2 amide bonds. The highest BCUT2D eigenvalue weighted by Crippen LogP contribution is 2.32. The van der Waals surface area contributed by atoms with Gasteiger partial charge in [-0.3, -0.25) is 13.9 Å². The van der Waals surface area contributed by atoms with Crippen LogP contribution in [0.1, 0.15) is 55.7 Å². The molecule has 0 unspecified atom stereocenters. The molecule has 44 heavy (non-hydrogen) atoms. The van der Waals surface area contributed by atoms with Crippen molar-refractivity contribution in [3.8, 4) is 11.5 Å². The highest BCUT2D eigenvalue weighted by Gasteiger charge is 2.33. The average molecular weight is 622 g/mol. The van der Waals surface area contributed by atoms with Crippen molar-refractivity contribution in [2.45, 2.75) is 76.4 Å². The Labute approximate surface area is 261 Å². The SMILES string of the molecule is COc1ccc(S(=O)(=O)N(CC(=O)N(Cc2cccc(C)c2)[C@H](C)C(=O)NC2CCCCC2)c2ccc(C)cc2)cc1OC. The molecule has 1 aliphatic rings. The number of aryl methyl sites for hydroxylation is 2. The lowest BCUT2D eigenvalue weighted by molar-refractivity contribution is -0.139. The van der Waals surface area contributed by atoms with Crippen LogP contribution < -0.4 is 19.1 Å². The number of carbonyl (C=O) groups is 2. The lowest BCUT2D eigenvalue weighted by Gasteiger charge is -2.33. The molecule has 1 saturated carbocycles. The molecule has 0 bridgehead atoms. The van der Waals surface area contributed by atoms with Crippen LogP contribution in [0.3, 0.4) is 0 Å². The summed E-state index contributed by atoms with van der Waals surface area (Å²) in [6.45, 7) is 5.21. The number of sulfonamides is 1. The molecule has 1 N–H and O–H groups in total. The summed E-state index contributed by atoms with van der Waals surface area (Å²) in [6, 6.07) is 18.2. The van der Waals surface area contributed by atoms with Crippen LogP contribution in [-0.4, -0.2) is 58.0 Å². The van der Waals surface area contributed by atoms with Gasteiger partial charge in [0.05, 0.1) is 24.8 Å². The molecule has 0 aromatic heterocycles. The van der Waals surface area contributed by atoms with E-state index in [4.69, 9.17) is 9.47 Å². The number of amides is 2. The Bertz CT molecular complexity index is 1550. The van der Waals surface area contributed by atoms with Gasteiger partial charge in [0.1, 0.15) is 12.6 Å². The lowest BCUT2D eigenvalue weighted by atomic mass is 9.95. The van der Waals surface area contributed by atoms with E-state index in [1.807, 2.05) is 38.1 Å². The molecule has 0 heterocycles. The van der Waals surface area contributed by atoms with E-state index in [2.05, 4.69) is 5.32 Å². The second-order valence-electron chi connectivity index (χ2n) is 11.4. The molecule has 1 fully saturated rings. The molecule has 0 aliphatic heterocycles. The minimum atomic E-state index is -4.25. The van der Waals surface area contributed by atoms with Crippen LogP contribution in [0.2, 0.25) is 0 Å². The van der Waals surface area contributed by atoms with E-state index in [1.54, 1.807) is 31.2 Å². The van der Waals surface area contributed by atoms with Crippen LogP contribution in [0, 0.1) is 13.8 Å². The van der Waals surface area contributed by atoms with E-state index >= 15 is 0 Å². The van der Waals surface area contributed by atoms with Gasteiger partial charge in [-0.1, -0.05) is 66.8 Å². The Morgan fingerprint density at radius 3 is 2.20 bits per heavy atom. The van der Waals surface area contributed by atoms with Crippen LogP contribution in [0.5, 0.6) is 11.5 Å². The van der Waals surface area contributed by atoms with E-state index in [0.717, 1.165) is 53.1 Å². The highest BCUT2D eigenvalue weighted by atomic mass is 32.2. The highest BCUT2D eigenvalue weighted by molar-refractivity contribution is 7.92. The molecule has 10 heteroatoms. The maximum absolute atomic E-state index is 14.2. The van der Waals surface area contributed by atoms with Crippen LogP contribution in [0.25, 0.3) is 0 Å². The Morgan fingerprint density at radius 1 is 0.886 bits per heavy atom. The third-order valence-electron chi connectivity index (χ3n) is 8.10. The second-order valence-corrected chi connectivity index (χ2v) is 13.3. The topological polar surface area (TPSA) is 105 Å². The van der Waals surface area contributed by atoms with Crippen molar-refractivity contribution in [3.05, 3.63) is 83.4 Å². The summed E-state index contributed by atoms with van der Waals surface area (Å²) >= 11 is 0. The van der Waals surface area contributed by atoms with Crippen molar-refractivity contribution < 1.29 is 27.5 Å². The fourth-order valence-electron chi connectivity index (χ4n) is 5.50. The van der Waals surface area contributed by atoms with Gasteiger partial charge < -0.3 is 19.7 Å². The molecule has 4 rings (SSSR count). The third-order valence-corrected chi connectivity index (χ3v) is 9.87. The van der Waals surface area contributed by atoms with Crippen LogP contribution in [0.15, 0.2) is 71.6 Å². The maximum atomic E-state index is 14.2. The molecular weight excluding hydrogens is 578 g/mol. The van der Waals surface area contributed by atoms with Crippen molar-refractivity contribution in [2.24, 2.45) is 0 Å². The Balaban J connectivity index is 1.70. The van der Waals surface area contributed by atoms with Gasteiger partial charge in [0.25, 0.3) is 10.0 Å². The first-order chi connectivity index (χ1) is 21.0. The molecule has 9 nitrogen and oxygen atoms in total. The molecule has 0 spiro atoms. The summed E-state index contributed by atoms with van der Waals surface area (Å²) in [4.78, 5) is 29.1. The predicted molar refractivity (Wildman–Crippen MR) is 171 cm³/mol. The minimum Gasteiger partial charge on any atom is -0.493 e. The number of rotatable bonds is 12. The second kappa shape index (κ2) is 14.6. The molecule has 3 aromatic carbocycles. The Hall–Kier alpha value is -4.05. The van der Waals surface area contributed by atoms with Crippen LogP contribution in [-0.2, 0) is 26.2 Å². The number of nitrogens with zero attached hydrogens (tertiary/aromatic N) is 2. The summed E-state index contributed by atoms with van der Waals surface area (Å²) in [5.41, 5.74) is 3.14. The molecule has 236 valence electrons. The van der Waals surface area contributed by atoms with E-state index in [-0.39, 0.29) is 29.1 Å². The first-order valence-electron chi connectivity index (χ1n) is 15.0. The standard InChI is InChI=1S/C34H43N3O6S/c1-24-14-16-29(17-15-24)37(44(40,41)30-18-19-31(42-4)32(21-30)43-5)23-33(38)36(22-27-11-9-10-25(2)20-27)26(3)34(39)35-28-12-7-6-8-13-28/h9-11,14-21,26,28H,6-8,12-13,22-23H2,1-5H3,(H,35,39)/t26-/m1/s1. The number of methoxy groups -OCH3 is 2. The van der Waals surface area contributed by atoms with Crippen molar-refractivity contribution in [3.63, 3.8) is 0 Å². The van der Waals surface area contributed by atoms with Gasteiger partial charge in [-0.25, -0.2) is 8.42 Å².